The molecule has 0 saturated carbocycles. The van der Waals surface area contributed by atoms with E-state index in [2.05, 4.69) is 46.1 Å². The smallest absolute Gasteiger partial charge is 0.131 e. The SMILES string of the molecule is Cc1ccccc1[C@@H]1CCCN(c2ccncn2)C1. The van der Waals surface area contributed by atoms with Gasteiger partial charge in [0, 0.05) is 25.2 Å². The van der Waals surface area contributed by atoms with Gasteiger partial charge in [-0.05, 0) is 37.0 Å². The number of aryl methyl sites for hydroxylation is 1. The van der Waals surface area contributed by atoms with Crippen LogP contribution in [0.3, 0.4) is 0 Å². The van der Waals surface area contributed by atoms with Crippen molar-refractivity contribution < 1.29 is 0 Å². The summed E-state index contributed by atoms with van der Waals surface area (Å²) in [5.41, 5.74) is 2.89. The van der Waals surface area contributed by atoms with Gasteiger partial charge in [0.1, 0.15) is 12.1 Å². The van der Waals surface area contributed by atoms with E-state index in [-0.39, 0.29) is 0 Å². The van der Waals surface area contributed by atoms with E-state index in [1.165, 1.54) is 24.0 Å². The second-order valence-electron chi connectivity index (χ2n) is 5.21. The zero-order valence-electron chi connectivity index (χ0n) is 11.3. The second kappa shape index (κ2) is 5.39. The normalized spacial score (nSPS) is 19.4. The Hall–Kier alpha value is -1.90. The van der Waals surface area contributed by atoms with Gasteiger partial charge in [-0.2, -0.15) is 0 Å². The third-order valence-electron chi connectivity index (χ3n) is 3.94. The fourth-order valence-corrected chi connectivity index (χ4v) is 2.95. The van der Waals surface area contributed by atoms with Gasteiger partial charge in [-0.1, -0.05) is 24.3 Å². The van der Waals surface area contributed by atoms with Crippen LogP contribution in [0.15, 0.2) is 42.9 Å². The lowest BCUT2D eigenvalue weighted by Gasteiger charge is -2.34. The second-order valence-corrected chi connectivity index (χ2v) is 5.21. The first-order chi connectivity index (χ1) is 9.34. The number of hydrogen-bond donors (Lipinski definition) is 0. The summed E-state index contributed by atoms with van der Waals surface area (Å²) in [5.74, 6) is 1.66. The summed E-state index contributed by atoms with van der Waals surface area (Å²) in [6.07, 6.45) is 5.95. The average molecular weight is 253 g/mol. The molecule has 3 rings (SSSR count). The molecular formula is C16H19N3. The fourth-order valence-electron chi connectivity index (χ4n) is 2.95. The lowest BCUT2D eigenvalue weighted by Crippen LogP contribution is -2.35. The summed E-state index contributed by atoms with van der Waals surface area (Å²) in [6, 6.07) is 10.7. The molecule has 0 radical (unpaired) electrons. The van der Waals surface area contributed by atoms with Crippen LogP contribution in [0, 0.1) is 6.92 Å². The van der Waals surface area contributed by atoms with Crippen molar-refractivity contribution in [1.82, 2.24) is 9.97 Å². The number of rotatable bonds is 2. The highest BCUT2D eigenvalue weighted by Crippen LogP contribution is 2.30. The molecule has 1 atom stereocenters. The largest absolute Gasteiger partial charge is 0.356 e. The highest BCUT2D eigenvalue weighted by atomic mass is 15.2. The van der Waals surface area contributed by atoms with Crippen LogP contribution in [0.2, 0.25) is 0 Å². The third kappa shape index (κ3) is 2.60. The zero-order valence-corrected chi connectivity index (χ0v) is 11.3. The summed E-state index contributed by atoms with van der Waals surface area (Å²) in [6.45, 7) is 4.36. The number of anilines is 1. The molecule has 0 spiro atoms. The Balaban J connectivity index is 1.81. The Bertz CT molecular complexity index is 539. The van der Waals surface area contributed by atoms with Crippen molar-refractivity contribution in [2.45, 2.75) is 25.7 Å². The van der Waals surface area contributed by atoms with Crippen molar-refractivity contribution in [2.75, 3.05) is 18.0 Å². The summed E-state index contributed by atoms with van der Waals surface area (Å²) in [4.78, 5) is 10.7. The minimum atomic E-state index is 0.616. The molecule has 1 aliphatic heterocycles. The Morgan fingerprint density at radius 2 is 2.11 bits per heavy atom. The quantitative estimate of drug-likeness (QED) is 0.823. The van der Waals surface area contributed by atoms with Crippen molar-refractivity contribution in [3.8, 4) is 0 Å². The van der Waals surface area contributed by atoms with Crippen molar-refractivity contribution in [2.24, 2.45) is 0 Å². The van der Waals surface area contributed by atoms with Crippen molar-refractivity contribution >= 4 is 5.82 Å². The van der Waals surface area contributed by atoms with Gasteiger partial charge >= 0.3 is 0 Å². The molecule has 3 heteroatoms. The topological polar surface area (TPSA) is 29.0 Å². The van der Waals surface area contributed by atoms with E-state index in [0.29, 0.717) is 5.92 Å². The van der Waals surface area contributed by atoms with Gasteiger partial charge in [-0.15, -0.1) is 0 Å². The predicted octanol–water partition coefficient (Wildman–Crippen LogP) is 3.17. The first-order valence-corrected chi connectivity index (χ1v) is 6.91. The zero-order chi connectivity index (χ0) is 13.1. The van der Waals surface area contributed by atoms with Crippen LogP contribution in [0.4, 0.5) is 5.82 Å². The lowest BCUT2D eigenvalue weighted by molar-refractivity contribution is 0.505. The molecule has 1 aromatic carbocycles. The van der Waals surface area contributed by atoms with E-state index in [1.54, 1.807) is 6.33 Å². The Labute approximate surface area is 114 Å². The van der Waals surface area contributed by atoms with E-state index >= 15 is 0 Å². The summed E-state index contributed by atoms with van der Waals surface area (Å²) < 4.78 is 0. The van der Waals surface area contributed by atoms with Crippen molar-refractivity contribution in [3.63, 3.8) is 0 Å². The first kappa shape index (κ1) is 12.2. The summed E-state index contributed by atoms with van der Waals surface area (Å²) >= 11 is 0. The molecule has 0 unspecified atom stereocenters. The molecule has 0 bridgehead atoms. The van der Waals surface area contributed by atoms with Gasteiger partial charge in [0.05, 0.1) is 0 Å². The molecule has 1 saturated heterocycles. The van der Waals surface area contributed by atoms with Crippen LogP contribution < -0.4 is 4.90 Å². The molecule has 2 heterocycles. The number of piperidine rings is 1. The van der Waals surface area contributed by atoms with Crippen molar-refractivity contribution in [3.05, 3.63) is 54.0 Å². The summed E-state index contributed by atoms with van der Waals surface area (Å²) in [7, 11) is 0. The van der Waals surface area contributed by atoms with Gasteiger partial charge in [0.25, 0.3) is 0 Å². The molecule has 98 valence electrons. The highest BCUT2D eigenvalue weighted by molar-refractivity contribution is 5.40. The molecule has 1 aromatic heterocycles. The lowest BCUT2D eigenvalue weighted by atomic mass is 9.88. The molecule has 19 heavy (non-hydrogen) atoms. The molecule has 1 aliphatic rings. The molecule has 0 aliphatic carbocycles. The van der Waals surface area contributed by atoms with Crippen LogP contribution in [0.5, 0.6) is 0 Å². The van der Waals surface area contributed by atoms with Crippen LogP contribution in [-0.4, -0.2) is 23.1 Å². The molecule has 1 fully saturated rings. The average Bonchev–Trinajstić information content (AvgIpc) is 2.49. The molecular weight excluding hydrogens is 234 g/mol. The Morgan fingerprint density at radius 3 is 2.89 bits per heavy atom. The minimum Gasteiger partial charge on any atom is -0.356 e. The number of hydrogen-bond acceptors (Lipinski definition) is 3. The van der Waals surface area contributed by atoms with Crippen LogP contribution >= 0.6 is 0 Å². The summed E-state index contributed by atoms with van der Waals surface area (Å²) in [5, 5.41) is 0. The maximum atomic E-state index is 4.37. The van der Waals surface area contributed by atoms with E-state index < -0.39 is 0 Å². The van der Waals surface area contributed by atoms with E-state index in [1.807, 2.05) is 12.3 Å². The van der Waals surface area contributed by atoms with Gasteiger partial charge in [0.15, 0.2) is 0 Å². The van der Waals surface area contributed by atoms with Crippen molar-refractivity contribution in [1.29, 1.82) is 0 Å². The van der Waals surface area contributed by atoms with Crippen LogP contribution in [-0.2, 0) is 0 Å². The molecule has 0 amide bonds. The third-order valence-corrected chi connectivity index (χ3v) is 3.94. The maximum Gasteiger partial charge on any atom is 0.131 e. The van der Waals surface area contributed by atoms with Crippen LogP contribution in [0.25, 0.3) is 0 Å². The van der Waals surface area contributed by atoms with E-state index in [0.717, 1.165) is 18.9 Å². The van der Waals surface area contributed by atoms with Gasteiger partial charge in [-0.3, -0.25) is 0 Å². The van der Waals surface area contributed by atoms with E-state index in [9.17, 15) is 0 Å². The first-order valence-electron chi connectivity index (χ1n) is 6.91. The standard InChI is InChI=1S/C16H19N3/c1-13-5-2-3-7-15(13)14-6-4-10-19(11-14)16-8-9-17-12-18-16/h2-3,5,7-9,12,14H,4,6,10-11H2,1H3/t14-/m1/s1. The monoisotopic (exact) mass is 253 g/mol. The fraction of sp³-hybridized carbons (Fsp3) is 0.375. The van der Waals surface area contributed by atoms with Crippen LogP contribution in [0.1, 0.15) is 29.9 Å². The molecule has 0 N–H and O–H groups in total. The number of benzene rings is 1. The Morgan fingerprint density at radius 1 is 1.21 bits per heavy atom. The van der Waals surface area contributed by atoms with Gasteiger partial charge < -0.3 is 4.90 Å². The van der Waals surface area contributed by atoms with Gasteiger partial charge in [-0.25, -0.2) is 9.97 Å². The Kier molecular flexibility index (Phi) is 3.45. The van der Waals surface area contributed by atoms with E-state index in [4.69, 9.17) is 0 Å². The molecule has 3 nitrogen and oxygen atoms in total. The number of nitrogens with zero attached hydrogens (tertiary/aromatic N) is 3. The highest BCUT2D eigenvalue weighted by Gasteiger charge is 2.22. The van der Waals surface area contributed by atoms with Gasteiger partial charge in [0.2, 0.25) is 0 Å². The minimum absolute atomic E-state index is 0.616. The molecule has 2 aromatic rings. The predicted molar refractivity (Wildman–Crippen MR) is 77.4 cm³/mol. The maximum absolute atomic E-state index is 4.37. The number of aromatic nitrogens is 2.